The molecule has 1 aromatic rings. The van der Waals surface area contributed by atoms with Gasteiger partial charge in [0.05, 0.1) is 7.11 Å². The number of nitrogens with zero attached hydrogens (tertiary/aromatic N) is 1. The third-order valence-corrected chi connectivity index (χ3v) is 4.90. The van der Waals surface area contributed by atoms with Crippen LogP contribution in [0, 0.1) is 0 Å². The molecule has 0 radical (unpaired) electrons. The van der Waals surface area contributed by atoms with Crippen LogP contribution in [0.3, 0.4) is 0 Å². The largest absolute Gasteiger partial charge is 0.497 e. The topological polar surface area (TPSA) is 38.5 Å². The second kappa shape index (κ2) is 9.34. The molecule has 0 aromatic heterocycles. The van der Waals surface area contributed by atoms with E-state index in [2.05, 4.69) is 44.2 Å². The molecule has 3 unspecified atom stereocenters. The molecule has 0 bridgehead atoms. The summed E-state index contributed by atoms with van der Waals surface area (Å²) in [5.41, 5.74) is 7.70. The Morgan fingerprint density at radius 2 is 1.81 bits per heavy atom. The third-order valence-electron chi connectivity index (χ3n) is 4.18. The van der Waals surface area contributed by atoms with Crippen molar-refractivity contribution in [2.75, 3.05) is 26.2 Å². The van der Waals surface area contributed by atoms with Gasteiger partial charge in [0.25, 0.3) is 0 Å². The molecule has 0 aliphatic rings. The molecule has 0 spiro atoms. The smallest absolute Gasteiger partial charge is 0.118 e. The Kier molecular flexibility index (Phi) is 8.15. The van der Waals surface area contributed by atoms with E-state index in [1.54, 1.807) is 7.11 Å². The molecule has 120 valence electrons. The molecule has 21 heavy (non-hydrogen) atoms. The molecular weight excluding hydrogens is 280 g/mol. The Morgan fingerprint density at radius 1 is 1.19 bits per heavy atom. The molecule has 0 fully saturated rings. The van der Waals surface area contributed by atoms with Gasteiger partial charge in [0.2, 0.25) is 0 Å². The molecular formula is C17H30N2OS. The predicted octanol–water partition coefficient (Wildman–Crippen LogP) is 3.55. The summed E-state index contributed by atoms with van der Waals surface area (Å²) in [6.07, 6.45) is 4.27. The molecule has 0 aliphatic heterocycles. The third kappa shape index (κ3) is 4.90. The summed E-state index contributed by atoms with van der Waals surface area (Å²) >= 11 is 1.90. The van der Waals surface area contributed by atoms with Crippen molar-refractivity contribution >= 4 is 11.8 Å². The Bertz CT molecular complexity index is 396. The predicted molar refractivity (Wildman–Crippen MR) is 94.2 cm³/mol. The van der Waals surface area contributed by atoms with Gasteiger partial charge in [0, 0.05) is 23.9 Å². The molecule has 0 saturated heterocycles. The highest BCUT2D eigenvalue weighted by Gasteiger charge is 2.27. The van der Waals surface area contributed by atoms with E-state index in [-0.39, 0.29) is 12.1 Å². The molecule has 0 saturated carbocycles. The first-order valence-electron chi connectivity index (χ1n) is 7.69. The average molecular weight is 311 g/mol. The van der Waals surface area contributed by atoms with Crippen LogP contribution in [0.25, 0.3) is 0 Å². The normalized spacial score (nSPS) is 15.8. The lowest BCUT2D eigenvalue weighted by Crippen LogP contribution is -2.44. The lowest BCUT2D eigenvalue weighted by atomic mass is 9.95. The average Bonchev–Trinajstić information content (AvgIpc) is 2.53. The summed E-state index contributed by atoms with van der Waals surface area (Å²) in [5, 5.41) is 0. The van der Waals surface area contributed by atoms with Crippen LogP contribution in [-0.4, -0.2) is 43.1 Å². The number of nitrogens with two attached hydrogens (primary N) is 1. The highest BCUT2D eigenvalue weighted by atomic mass is 32.2. The van der Waals surface area contributed by atoms with Gasteiger partial charge in [-0.2, -0.15) is 11.8 Å². The number of benzene rings is 1. The van der Waals surface area contributed by atoms with Gasteiger partial charge in [0.1, 0.15) is 5.75 Å². The number of ether oxygens (including phenoxy) is 1. The van der Waals surface area contributed by atoms with E-state index in [4.69, 9.17) is 10.5 Å². The second-order valence-corrected chi connectivity index (χ2v) is 6.38. The summed E-state index contributed by atoms with van der Waals surface area (Å²) in [5.74, 6) is 2.03. The molecule has 4 heteroatoms. The van der Waals surface area contributed by atoms with E-state index in [1.165, 1.54) is 5.56 Å². The lowest BCUT2D eigenvalue weighted by molar-refractivity contribution is 0.157. The Morgan fingerprint density at radius 3 is 2.24 bits per heavy atom. The Hall–Kier alpha value is -0.710. The number of rotatable bonds is 9. The van der Waals surface area contributed by atoms with Crippen LogP contribution in [0.1, 0.15) is 38.3 Å². The molecule has 1 aromatic carbocycles. The van der Waals surface area contributed by atoms with E-state index in [0.29, 0.717) is 6.04 Å². The maximum Gasteiger partial charge on any atom is 0.118 e. The minimum absolute atomic E-state index is 0.138. The quantitative estimate of drug-likeness (QED) is 0.757. The molecule has 0 aliphatic carbocycles. The highest BCUT2D eigenvalue weighted by Crippen LogP contribution is 2.28. The summed E-state index contributed by atoms with van der Waals surface area (Å²) in [6.45, 7) is 4.41. The van der Waals surface area contributed by atoms with E-state index in [1.807, 2.05) is 23.9 Å². The highest BCUT2D eigenvalue weighted by molar-refractivity contribution is 7.98. The van der Waals surface area contributed by atoms with Crippen molar-refractivity contribution in [2.24, 2.45) is 5.73 Å². The molecule has 1 rings (SSSR count). The van der Waals surface area contributed by atoms with Crippen LogP contribution in [0.5, 0.6) is 5.75 Å². The second-order valence-electron chi connectivity index (χ2n) is 5.47. The Balaban J connectivity index is 3.03. The number of hydrogen-bond acceptors (Lipinski definition) is 4. The fraction of sp³-hybridized carbons (Fsp3) is 0.647. The summed E-state index contributed by atoms with van der Waals surface area (Å²) in [7, 11) is 3.90. The lowest BCUT2D eigenvalue weighted by Gasteiger charge is -2.38. The zero-order valence-electron chi connectivity index (χ0n) is 14.0. The summed E-state index contributed by atoms with van der Waals surface area (Å²) < 4.78 is 5.26. The monoisotopic (exact) mass is 310 g/mol. The van der Waals surface area contributed by atoms with Crippen molar-refractivity contribution in [3.63, 3.8) is 0 Å². The zero-order chi connectivity index (χ0) is 15.8. The maximum atomic E-state index is 6.43. The van der Waals surface area contributed by atoms with Gasteiger partial charge >= 0.3 is 0 Å². The molecule has 0 amide bonds. The SMILES string of the molecule is CCC(N)C(c1ccc(OC)cc1)N(C)C(CC)CSC. The van der Waals surface area contributed by atoms with Crippen molar-refractivity contribution < 1.29 is 4.74 Å². The first-order valence-corrected chi connectivity index (χ1v) is 9.08. The first kappa shape index (κ1) is 18.3. The fourth-order valence-electron chi connectivity index (χ4n) is 2.75. The van der Waals surface area contributed by atoms with Gasteiger partial charge in [-0.15, -0.1) is 0 Å². The van der Waals surface area contributed by atoms with Crippen molar-refractivity contribution in [1.29, 1.82) is 0 Å². The van der Waals surface area contributed by atoms with Crippen molar-refractivity contribution in [1.82, 2.24) is 4.90 Å². The number of hydrogen-bond donors (Lipinski definition) is 1. The van der Waals surface area contributed by atoms with Gasteiger partial charge in [-0.1, -0.05) is 26.0 Å². The van der Waals surface area contributed by atoms with Crippen LogP contribution in [-0.2, 0) is 0 Å². The van der Waals surface area contributed by atoms with Gasteiger partial charge in [-0.3, -0.25) is 4.90 Å². The zero-order valence-corrected chi connectivity index (χ0v) is 14.8. The number of thioether (sulfide) groups is 1. The van der Waals surface area contributed by atoms with Crippen molar-refractivity contribution in [3.05, 3.63) is 29.8 Å². The first-order chi connectivity index (χ1) is 10.1. The summed E-state index contributed by atoms with van der Waals surface area (Å²) in [4.78, 5) is 2.45. The van der Waals surface area contributed by atoms with E-state index >= 15 is 0 Å². The Labute approximate surface area is 134 Å². The van der Waals surface area contributed by atoms with Crippen molar-refractivity contribution in [2.45, 2.75) is 44.8 Å². The number of methoxy groups -OCH3 is 1. The van der Waals surface area contributed by atoms with Crippen molar-refractivity contribution in [3.8, 4) is 5.75 Å². The van der Waals surface area contributed by atoms with E-state index in [9.17, 15) is 0 Å². The van der Waals surface area contributed by atoms with E-state index < -0.39 is 0 Å². The molecule has 3 atom stereocenters. The van der Waals surface area contributed by atoms with Crippen LogP contribution < -0.4 is 10.5 Å². The van der Waals surface area contributed by atoms with Crippen LogP contribution in [0.15, 0.2) is 24.3 Å². The minimum Gasteiger partial charge on any atom is -0.497 e. The van der Waals surface area contributed by atoms with Gasteiger partial charge in [-0.05, 0) is 43.8 Å². The van der Waals surface area contributed by atoms with Crippen LogP contribution in [0.4, 0.5) is 0 Å². The van der Waals surface area contributed by atoms with Gasteiger partial charge in [-0.25, -0.2) is 0 Å². The number of likely N-dealkylation sites (N-methyl/N-ethyl adjacent to an activating group) is 1. The molecule has 2 N–H and O–H groups in total. The van der Waals surface area contributed by atoms with Crippen LogP contribution >= 0.6 is 11.8 Å². The maximum absolute atomic E-state index is 6.43. The fourth-order valence-corrected chi connectivity index (χ4v) is 3.61. The molecule has 3 nitrogen and oxygen atoms in total. The van der Waals surface area contributed by atoms with Gasteiger partial charge < -0.3 is 10.5 Å². The minimum atomic E-state index is 0.138. The van der Waals surface area contributed by atoms with E-state index in [0.717, 1.165) is 24.3 Å². The molecule has 0 heterocycles. The van der Waals surface area contributed by atoms with Gasteiger partial charge in [0.15, 0.2) is 0 Å². The van der Waals surface area contributed by atoms with Crippen LogP contribution in [0.2, 0.25) is 0 Å². The summed E-state index contributed by atoms with van der Waals surface area (Å²) in [6, 6.07) is 9.26. The standard InChI is InChI=1S/C17H30N2OS/c1-6-14(12-21-5)19(3)17(16(18)7-2)13-8-10-15(20-4)11-9-13/h8-11,14,16-17H,6-7,12,18H2,1-5H3.